The number of halogens is 7. The zero-order chi connectivity index (χ0) is 28.9. The summed E-state index contributed by atoms with van der Waals surface area (Å²) in [6.07, 6.45) is -3.00. The molecule has 40 heavy (non-hydrogen) atoms. The third-order valence-electron chi connectivity index (χ3n) is 5.13. The van der Waals surface area contributed by atoms with Gasteiger partial charge in [-0.15, -0.1) is 11.3 Å². The van der Waals surface area contributed by atoms with Crippen molar-refractivity contribution in [2.45, 2.75) is 19.2 Å². The van der Waals surface area contributed by atoms with Crippen LogP contribution in [0.1, 0.15) is 22.4 Å². The summed E-state index contributed by atoms with van der Waals surface area (Å²) >= 11 is 18.8. The predicted octanol–water partition coefficient (Wildman–Crippen LogP) is 8.85. The van der Waals surface area contributed by atoms with Crippen LogP contribution in [0.3, 0.4) is 0 Å². The molecule has 208 valence electrons. The molecule has 1 aromatic heterocycles. The summed E-state index contributed by atoms with van der Waals surface area (Å²) in [6, 6.07) is 13.7. The molecule has 6 nitrogen and oxygen atoms in total. The van der Waals surface area contributed by atoms with Gasteiger partial charge in [0, 0.05) is 11.1 Å². The van der Waals surface area contributed by atoms with E-state index in [1.165, 1.54) is 29.7 Å². The number of hydrogen-bond donors (Lipinski definition) is 2. The van der Waals surface area contributed by atoms with E-state index in [0.717, 1.165) is 26.8 Å². The molecule has 0 atom stereocenters. The second-order valence-corrected chi connectivity index (χ2v) is 11.9. The zero-order valence-electron chi connectivity index (χ0n) is 20.0. The van der Waals surface area contributed by atoms with Gasteiger partial charge >= 0.3 is 6.18 Å². The number of benzene rings is 3. The average molecular weight is 784 g/mol. The lowest BCUT2D eigenvalue weighted by Crippen LogP contribution is -2.20. The third-order valence-corrected chi connectivity index (χ3v) is 8.06. The van der Waals surface area contributed by atoms with Crippen molar-refractivity contribution in [1.82, 2.24) is 10.4 Å². The number of amides is 1. The van der Waals surface area contributed by atoms with E-state index in [4.69, 9.17) is 27.9 Å². The van der Waals surface area contributed by atoms with Gasteiger partial charge in [0.1, 0.15) is 12.4 Å². The van der Waals surface area contributed by atoms with Crippen LogP contribution in [0.15, 0.2) is 69.6 Å². The highest BCUT2D eigenvalue weighted by Gasteiger charge is 2.30. The molecule has 3 aromatic carbocycles. The zero-order valence-corrected chi connectivity index (χ0v) is 26.1. The van der Waals surface area contributed by atoms with Gasteiger partial charge < -0.3 is 10.1 Å². The summed E-state index contributed by atoms with van der Waals surface area (Å²) in [4.78, 5) is 16.6. The van der Waals surface area contributed by atoms with E-state index in [1.54, 1.807) is 23.6 Å². The summed E-state index contributed by atoms with van der Waals surface area (Å²) in [5.74, 6) is 0.244. The molecule has 0 spiro atoms. The Morgan fingerprint density at radius 3 is 2.67 bits per heavy atom. The Bertz CT molecular complexity index is 1550. The molecule has 0 bridgehead atoms. The van der Waals surface area contributed by atoms with Gasteiger partial charge in [0.15, 0.2) is 5.13 Å². The molecule has 4 aromatic rings. The van der Waals surface area contributed by atoms with Crippen molar-refractivity contribution in [3.05, 3.63) is 100 Å². The maximum absolute atomic E-state index is 12.9. The molecule has 0 saturated carbocycles. The fraction of sp³-hybridized carbons (Fsp3) is 0.115. The lowest BCUT2D eigenvalue weighted by molar-refractivity contribution is -0.137. The summed E-state index contributed by atoms with van der Waals surface area (Å²) in [5.41, 5.74) is 3.97. The predicted molar refractivity (Wildman–Crippen MR) is 164 cm³/mol. The quantitative estimate of drug-likeness (QED) is 0.101. The summed E-state index contributed by atoms with van der Waals surface area (Å²) in [6.45, 7) is 0.294. The van der Waals surface area contributed by atoms with Gasteiger partial charge in [-0.1, -0.05) is 35.3 Å². The largest absolute Gasteiger partial charge is 0.487 e. The van der Waals surface area contributed by atoms with Gasteiger partial charge in [-0.2, -0.15) is 18.3 Å². The van der Waals surface area contributed by atoms with Crippen molar-refractivity contribution in [3.8, 4) is 5.75 Å². The SMILES string of the molecule is O=C(Cc1csc(Nc2cccc(C(F)(F)F)c2)n1)N/N=C\c1cc(Br)c(OCc2ccc(Cl)c(Cl)c2)c(I)c1. The first-order valence-electron chi connectivity index (χ1n) is 11.2. The van der Waals surface area contributed by atoms with Crippen molar-refractivity contribution in [3.63, 3.8) is 0 Å². The number of anilines is 2. The van der Waals surface area contributed by atoms with E-state index in [2.05, 4.69) is 59.3 Å². The average Bonchev–Trinajstić information content (AvgIpc) is 3.31. The first-order chi connectivity index (χ1) is 19.0. The highest BCUT2D eigenvalue weighted by molar-refractivity contribution is 14.1. The highest BCUT2D eigenvalue weighted by atomic mass is 127. The maximum Gasteiger partial charge on any atom is 0.416 e. The molecular weight excluding hydrogens is 767 g/mol. The van der Waals surface area contributed by atoms with Crippen molar-refractivity contribution in [2.75, 3.05) is 5.32 Å². The molecule has 0 unspecified atom stereocenters. The van der Waals surface area contributed by atoms with Gasteiger partial charge in [-0.25, -0.2) is 10.4 Å². The molecule has 0 fully saturated rings. The molecule has 2 N–H and O–H groups in total. The molecule has 0 radical (unpaired) electrons. The van der Waals surface area contributed by atoms with Crippen LogP contribution in [0.2, 0.25) is 10.0 Å². The van der Waals surface area contributed by atoms with E-state index in [-0.39, 0.29) is 12.1 Å². The van der Waals surface area contributed by atoms with Crippen molar-refractivity contribution >= 4 is 96.0 Å². The van der Waals surface area contributed by atoms with E-state index in [9.17, 15) is 18.0 Å². The lowest BCUT2D eigenvalue weighted by Gasteiger charge is -2.12. The summed E-state index contributed by atoms with van der Waals surface area (Å²) in [5, 5.41) is 9.78. The molecule has 4 rings (SSSR count). The van der Waals surface area contributed by atoms with E-state index < -0.39 is 17.6 Å². The molecule has 14 heteroatoms. The van der Waals surface area contributed by atoms with E-state index >= 15 is 0 Å². The van der Waals surface area contributed by atoms with Crippen LogP contribution in [0, 0.1) is 3.57 Å². The van der Waals surface area contributed by atoms with Crippen molar-refractivity contribution in [1.29, 1.82) is 0 Å². The Balaban J connectivity index is 1.30. The summed E-state index contributed by atoms with van der Waals surface area (Å²) in [7, 11) is 0. The van der Waals surface area contributed by atoms with Crippen LogP contribution < -0.4 is 15.5 Å². The number of nitrogens with zero attached hydrogens (tertiary/aromatic N) is 2. The Labute approximate surface area is 263 Å². The number of carbonyl (C=O) groups is 1. The minimum absolute atomic E-state index is 0.0547. The smallest absolute Gasteiger partial charge is 0.416 e. The third kappa shape index (κ3) is 8.56. The summed E-state index contributed by atoms with van der Waals surface area (Å²) < 4.78 is 46.2. The minimum atomic E-state index is -4.44. The van der Waals surface area contributed by atoms with E-state index in [0.29, 0.717) is 37.7 Å². The van der Waals surface area contributed by atoms with Crippen LogP contribution in [0.4, 0.5) is 24.0 Å². The normalized spacial score (nSPS) is 11.6. The minimum Gasteiger partial charge on any atom is -0.487 e. The van der Waals surface area contributed by atoms with Crippen LogP contribution in [0.25, 0.3) is 0 Å². The number of ether oxygens (including phenoxy) is 1. The van der Waals surface area contributed by atoms with Crippen LogP contribution in [-0.2, 0) is 24.0 Å². The molecular formula is C26H17BrCl2F3IN4O2S. The van der Waals surface area contributed by atoms with Crippen molar-refractivity contribution < 1.29 is 22.7 Å². The molecule has 1 heterocycles. The number of hydrazone groups is 1. The number of hydrogen-bond acceptors (Lipinski definition) is 6. The van der Waals surface area contributed by atoms with Crippen LogP contribution >= 0.6 is 73.1 Å². The fourth-order valence-corrected chi connectivity index (χ4v) is 6.12. The van der Waals surface area contributed by atoms with Gasteiger partial charge in [0.25, 0.3) is 0 Å². The Kier molecular flexibility index (Phi) is 10.3. The monoisotopic (exact) mass is 782 g/mol. The van der Waals surface area contributed by atoms with E-state index in [1.807, 2.05) is 12.1 Å². The van der Waals surface area contributed by atoms with Gasteiger partial charge in [-0.05, 0) is 92.1 Å². The fourth-order valence-electron chi connectivity index (χ4n) is 3.30. The Morgan fingerprint density at radius 2 is 1.95 bits per heavy atom. The molecule has 0 aliphatic heterocycles. The molecule has 0 aliphatic rings. The molecule has 0 saturated heterocycles. The van der Waals surface area contributed by atoms with Crippen molar-refractivity contribution in [2.24, 2.45) is 5.10 Å². The topological polar surface area (TPSA) is 75.6 Å². The Hall–Kier alpha value is -2.39. The standard InChI is InChI=1S/C26H17BrCl2F3IN4O2S/c27-19-6-15(8-22(33)24(19)39-12-14-4-5-20(28)21(29)7-14)11-34-37-23(38)10-18-13-40-25(36-18)35-17-3-1-2-16(9-17)26(30,31)32/h1-9,11,13H,10,12H2,(H,35,36)(H,37,38)/b34-11-. The maximum atomic E-state index is 12.9. The highest BCUT2D eigenvalue weighted by Crippen LogP contribution is 2.33. The van der Waals surface area contributed by atoms with Crippen LogP contribution in [0.5, 0.6) is 5.75 Å². The lowest BCUT2D eigenvalue weighted by atomic mass is 10.2. The second kappa shape index (κ2) is 13.5. The van der Waals surface area contributed by atoms with Gasteiger partial charge in [0.05, 0.1) is 42.0 Å². The number of aromatic nitrogens is 1. The second-order valence-electron chi connectivity index (χ2n) is 8.17. The Morgan fingerprint density at radius 1 is 1.15 bits per heavy atom. The first-order valence-corrected chi connectivity index (χ1v) is 14.7. The number of rotatable bonds is 9. The van der Waals surface area contributed by atoms with Gasteiger partial charge in [-0.3, -0.25) is 4.79 Å². The molecule has 1 amide bonds. The van der Waals surface area contributed by atoms with Gasteiger partial charge in [0.2, 0.25) is 5.91 Å². The van der Waals surface area contributed by atoms with Crippen LogP contribution in [-0.4, -0.2) is 17.1 Å². The number of carbonyl (C=O) groups excluding carboxylic acids is 1. The number of thiazole rings is 1. The molecule has 0 aliphatic carbocycles. The first kappa shape index (κ1) is 30.6. The number of nitrogens with one attached hydrogen (secondary N) is 2. The number of alkyl halides is 3.